The van der Waals surface area contributed by atoms with Gasteiger partial charge in [0.05, 0.1) is 40.7 Å². The first-order valence-electron chi connectivity index (χ1n) is 9.65. The van der Waals surface area contributed by atoms with Gasteiger partial charge < -0.3 is 15.3 Å². The lowest BCUT2D eigenvalue weighted by Crippen LogP contribution is -2.18. The molecule has 0 aliphatic carbocycles. The smallest absolute Gasteiger partial charge is 0.257 e. The van der Waals surface area contributed by atoms with E-state index in [4.69, 9.17) is 0 Å². The van der Waals surface area contributed by atoms with Crippen molar-refractivity contribution in [2.45, 2.75) is 24.5 Å². The maximum absolute atomic E-state index is 12.7. The van der Waals surface area contributed by atoms with E-state index in [-0.39, 0.29) is 17.4 Å². The molecular weight excluding hydrogens is 416 g/mol. The molecule has 2 N–H and O–H groups in total. The van der Waals surface area contributed by atoms with Crippen molar-refractivity contribution < 1.29 is 18.3 Å². The van der Waals surface area contributed by atoms with Crippen molar-refractivity contribution >= 4 is 27.1 Å². The van der Waals surface area contributed by atoms with Gasteiger partial charge in [0.2, 0.25) is 0 Å². The molecule has 1 aromatic carbocycles. The number of nitrogens with zero attached hydrogens (tertiary/aromatic N) is 3. The van der Waals surface area contributed by atoms with E-state index in [1.807, 2.05) is 0 Å². The van der Waals surface area contributed by atoms with Gasteiger partial charge in [-0.1, -0.05) is 12.1 Å². The number of aliphatic hydroxyl groups is 1. The number of nitrogens with one attached hydrogen (secondary N) is 1. The van der Waals surface area contributed by atoms with E-state index in [0.29, 0.717) is 41.3 Å². The number of rotatable bonds is 6. The number of hydrogen-bond acceptors (Lipinski definition) is 7. The van der Waals surface area contributed by atoms with Gasteiger partial charge in [0.1, 0.15) is 0 Å². The van der Waals surface area contributed by atoms with Gasteiger partial charge in [0.15, 0.2) is 9.84 Å². The molecule has 0 unspecified atom stereocenters. The summed E-state index contributed by atoms with van der Waals surface area (Å²) in [5.74, 6) is -0.172. The molecular formula is C22H22N4O4S. The Hall–Kier alpha value is -3.30. The molecule has 1 amide bonds. The van der Waals surface area contributed by atoms with Gasteiger partial charge in [0, 0.05) is 37.3 Å². The number of carbonyl (C=O) groups is 1. The number of anilines is 2. The van der Waals surface area contributed by atoms with Gasteiger partial charge in [-0.05, 0) is 35.9 Å². The van der Waals surface area contributed by atoms with Crippen LogP contribution in [0.1, 0.15) is 33.0 Å². The maximum Gasteiger partial charge on any atom is 0.257 e. The molecule has 4 rings (SSSR count). The first kappa shape index (κ1) is 21.0. The monoisotopic (exact) mass is 438 g/mol. The van der Waals surface area contributed by atoms with Crippen LogP contribution in [0.15, 0.2) is 53.6 Å². The van der Waals surface area contributed by atoms with E-state index in [2.05, 4.69) is 15.3 Å². The average Bonchev–Trinajstić information content (AvgIpc) is 3.01. The summed E-state index contributed by atoms with van der Waals surface area (Å²) in [7, 11) is -1.77. The summed E-state index contributed by atoms with van der Waals surface area (Å²) in [4.78, 5) is 23.4. The fourth-order valence-electron chi connectivity index (χ4n) is 3.63. The largest absolute Gasteiger partial charge is 0.392 e. The molecule has 0 radical (unpaired) electrons. The number of carbonyl (C=O) groups excluding carboxylic acids is 1. The fourth-order valence-corrected chi connectivity index (χ4v) is 4.48. The number of aliphatic hydroxyl groups excluding tert-OH is 1. The fraction of sp³-hybridized carbons (Fsp3) is 0.227. The predicted octanol–water partition coefficient (Wildman–Crippen LogP) is 2.29. The molecule has 1 aliphatic rings. The molecule has 1 aliphatic heterocycles. The van der Waals surface area contributed by atoms with Gasteiger partial charge in [-0.3, -0.25) is 14.8 Å². The van der Waals surface area contributed by atoms with E-state index < -0.39 is 9.84 Å². The lowest BCUT2D eigenvalue weighted by Gasteiger charge is -2.15. The lowest BCUT2D eigenvalue weighted by molar-refractivity contribution is 0.0817. The Morgan fingerprint density at radius 2 is 1.90 bits per heavy atom. The summed E-state index contributed by atoms with van der Waals surface area (Å²) in [6, 6.07) is 11.9. The first-order chi connectivity index (χ1) is 14.8. The second-order valence-corrected chi connectivity index (χ2v) is 9.51. The molecule has 0 saturated carbocycles. The second-order valence-electron chi connectivity index (χ2n) is 7.53. The van der Waals surface area contributed by atoms with Crippen LogP contribution in [0.2, 0.25) is 0 Å². The van der Waals surface area contributed by atoms with Crippen molar-refractivity contribution in [3.8, 4) is 0 Å². The minimum atomic E-state index is -3.47. The molecule has 8 nitrogen and oxygen atoms in total. The van der Waals surface area contributed by atoms with Gasteiger partial charge in [-0.2, -0.15) is 0 Å². The van der Waals surface area contributed by atoms with Crippen LogP contribution >= 0.6 is 0 Å². The van der Waals surface area contributed by atoms with Crippen LogP contribution in [-0.2, 0) is 29.4 Å². The number of hydrogen-bond donors (Lipinski definition) is 2. The summed E-state index contributed by atoms with van der Waals surface area (Å²) in [6.45, 7) is 0.288. The molecule has 31 heavy (non-hydrogen) atoms. The molecule has 0 bridgehead atoms. The number of sulfone groups is 1. The van der Waals surface area contributed by atoms with Gasteiger partial charge in [0.25, 0.3) is 5.91 Å². The van der Waals surface area contributed by atoms with E-state index in [0.717, 1.165) is 17.5 Å². The van der Waals surface area contributed by atoms with Crippen LogP contribution in [0, 0.1) is 0 Å². The van der Waals surface area contributed by atoms with Crippen molar-refractivity contribution in [1.82, 2.24) is 14.9 Å². The van der Waals surface area contributed by atoms with Crippen molar-refractivity contribution in [2.24, 2.45) is 0 Å². The molecule has 2 aromatic heterocycles. The topological polar surface area (TPSA) is 112 Å². The van der Waals surface area contributed by atoms with Crippen molar-refractivity contribution in [3.63, 3.8) is 0 Å². The molecule has 0 atom stereocenters. The second kappa shape index (κ2) is 8.09. The zero-order valence-corrected chi connectivity index (χ0v) is 18.0. The zero-order chi connectivity index (χ0) is 22.2. The van der Waals surface area contributed by atoms with Crippen molar-refractivity contribution in [2.75, 3.05) is 18.6 Å². The average molecular weight is 439 g/mol. The molecule has 0 spiro atoms. The number of pyridine rings is 2. The third-order valence-electron chi connectivity index (χ3n) is 5.08. The quantitative estimate of drug-likeness (QED) is 0.607. The summed E-state index contributed by atoms with van der Waals surface area (Å²) >= 11 is 0. The van der Waals surface area contributed by atoms with Gasteiger partial charge in [-0.15, -0.1) is 0 Å². The van der Waals surface area contributed by atoms with Crippen molar-refractivity contribution in [3.05, 3.63) is 76.9 Å². The van der Waals surface area contributed by atoms with Crippen LogP contribution in [0.4, 0.5) is 11.4 Å². The Labute approximate surface area is 180 Å². The van der Waals surface area contributed by atoms with E-state index in [1.54, 1.807) is 54.5 Å². The Bertz CT molecular complexity index is 1270. The maximum atomic E-state index is 12.7. The van der Waals surface area contributed by atoms with Crippen LogP contribution in [0.3, 0.4) is 0 Å². The Kier molecular flexibility index (Phi) is 5.47. The third-order valence-corrected chi connectivity index (χ3v) is 6.23. The van der Waals surface area contributed by atoms with Crippen LogP contribution < -0.4 is 5.32 Å². The Balaban J connectivity index is 1.78. The number of aromatic nitrogens is 2. The normalized spacial score (nSPS) is 13.4. The summed E-state index contributed by atoms with van der Waals surface area (Å²) < 4.78 is 24.4. The minimum absolute atomic E-state index is 0.0818. The summed E-state index contributed by atoms with van der Waals surface area (Å²) in [5.41, 5.74) is 4.13. The molecule has 3 aromatic rings. The van der Waals surface area contributed by atoms with Crippen molar-refractivity contribution in [1.29, 1.82) is 0 Å². The molecule has 0 fully saturated rings. The molecule has 160 valence electrons. The van der Waals surface area contributed by atoms with E-state index in [9.17, 15) is 18.3 Å². The van der Waals surface area contributed by atoms with Gasteiger partial charge >= 0.3 is 0 Å². The van der Waals surface area contributed by atoms with E-state index in [1.165, 1.54) is 6.07 Å². The number of benzene rings is 1. The molecule has 0 saturated heterocycles. The first-order valence-corrected chi connectivity index (χ1v) is 11.5. The number of para-hydroxylation sites is 1. The number of fused-ring (bicyclic) bond motifs is 1. The third kappa shape index (κ3) is 4.28. The molecule has 3 heterocycles. The van der Waals surface area contributed by atoms with Crippen LogP contribution in [0.25, 0.3) is 0 Å². The summed E-state index contributed by atoms with van der Waals surface area (Å²) in [6.07, 6.45) is 3.18. The summed E-state index contributed by atoms with van der Waals surface area (Å²) in [5, 5.41) is 12.5. The molecule has 9 heteroatoms. The highest BCUT2D eigenvalue weighted by Crippen LogP contribution is 2.33. The number of amides is 1. The minimum Gasteiger partial charge on any atom is -0.392 e. The lowest BCUT2D eigenvalue weighted by atomic mass is 10.1. The van der Waals surface area contributed by atoms with Crippen LogP contribution in [-0.4, -0.2) is 47.6 Å². The SMILES string of the molecule is CN1Cc2nc(Cc3cc(CO)ccn3)cc(Nc3ccccc3S(C)(=O)=O)c2C1=O. The standard InChI is InChI=1S/C22H22N4O4S/c1-26-12-19-21(22(26)28)18(25-17-5-3-4-6-20(17)31(2,29)30)11-16(24-19)10-15-9-14(13-27)7-8-23-15/h3-9,11,27H,10,12-13H2,1-2H3,(H,24,25). The van der Waals surface area contributed by atoms with E-state index >= 15 is 0 Å². The highest BCUT2D eigenvalue weighted by atomic mass is 32.2. The Morgan fingerprint density at radius 1 is 1.13 bits per heavy atom. The highest BCUT2D eigenvalue weighted by Gasteiger charge is 2.30. The van der Waals surface area contributed by atoms with Gasteiger partial charge in [-0.25, -0.2) is 8.42 Å². The highest BCUT2D eigenvalue weighted by molar-refractivity contribution is 7.90. The Morgan fingerprint density at radius 3 is 2.65 bits per heavy atom. The van der Waals surface area contributed by atoms with Crippen LogP contribution in [0.5, 0.6) is 0 Å². The predicted molar refractivity (Wildman–Crippen MR) is 116 cm³/mol. The zero-order valence-electron chi connectivity index (χ0n) is 17.2.